The van der Waals surface area contributed by atoms with Crippen LogP contribution in [0.25, 0.3) is 0 Å². The summed E-state index contributed by atoms with van der Waals surface area (Å²) in [6.45, 7) is 5.71. The molecule has 4 heteroatoms. The van der Waals surface area contributed by atoms with E-state index in [9.17, 15) is 0 Å². The maximum Gasteiger partial charge on any atom is 0.186 e. The van der Waals surface area contributed by atoms with Crippen molar-refractivity contribution in [2.75, 3.05) is 13.2 Å². The molecule has 3 rings (SSSR count). The van der Waals surface area contributed by atoms with E-state index in [0.29, 0.717) is 18.6 Å². The van der Waals surface area contributed by atoms with E-state index in [2.05, 4.69) is 31.0 Å². The van der Waals surface area contributed by atoms with Gasteiger partial charge in [0.2, 0.25) is 0 Å². The molecule has 22 heavy (non-hydrogen) atoms. The topological polar surface area (TPSA) is 43.2 Å². The van der Waals surface area contributed by atoms with Crippen LogP contribution in [0.2, 0.25) is 0 Å². The molecule has 118 valence electrons. The molecular weight excluding hydrogens is 276 g/mol. The molecule has 0 N–H and O–H groups in total. The summed E-state index contributed by atoms with van der Waals surface area (Å²) in [7, 11) is 0. The molecule has 0 fully saturated rings. The molecule has 0 saturated carbocycles. The van der Waals surface area contributed by atoms with Crippen molar-refractivity contribution in [3.8, 4) is 0 Å². The third kappa shape index (κ3) is 3.49. The lowest BCUT2D eigenvalue weighted by Crippen LogP contribution is -2.13. The number of benzene rings is 1. The molecule has 0 amide bonds. The number of ether oxygens (including phenoxy) is 2. The Morgan fingerprint density at radius 3 is 2.68 bits per heavy atom. The average Bonchev–Trinajstić information content (AvgIpc) is 3.22. The minimum atomic E-state index is 0.142. The Balaban J connectivity index is 1.54. The van der Waals surface area contributed by atoms with E-state index in [1.165, 1.54) is 5.56 Å². The summed E-state index contributed by atoms with van der Waals surface area (Å²) in [6, 6.07) is 10.8. The van der Waals surface area contributed by atoms with Gasteiger partial charge in [-0.1, -0.05) is 44.2 Å². The third-order valence-corrected chi connectivity index (χ3v) is 4.31. The molecule has 1 aromatic rings. The third-order valence-electron chi connectivity index (χ3n) is 4.31. The first-order chi connectivity index (χ1) is 10.8. The summed E-state index contributed by atoms with van der Waals surface area (Å²) >= 11 is 0. The van der Waals surface area contributed by atoms with E-state index in [1.54, 1.807) is 0 Å². The van der Waals surface area contributed by atoms with Gasteiger partial charge in [0.25, 0.3) is 0 Å². The van der Waals surface area contributed by atoms with Crippen LogP contribution in [0.1, 0.15) is 44.7 Å². The lowest BCUT2D eigenvalue weighted by molar-refractivity contribution is 0.293. The second-order valence-corrected chi connectivity index (χ2v) is 6.04. The summed E-state index contributed by atoms with van der Waals surface area (Å²) in [5, 5.41) is 0. The van der Waals surface area contributed by atoms with Gasteiger partial charge in [0.05, 0.1) is 6.04 Å². The molecule has 0 spiro atoms. The molecule has 0 aromatic heterocycles. The number of nitrogens with zero attached hydrogens (tertiary/aromatic N) is 2. The van der Waals surface area contributed by atoms with Crippen molar-refractivity contribution in [1.82, 2.24) is 0 Å². The summed E-state index contributed by atoms with van der Waals surface area (Å²) in [5.41, 5.74) is 1.22. The van der Waals surface area contributed by atoms with Crippen LogP contribution in [0.5, 0.6) is 0 Å². The van der Waals surface area contributed by atoms with E-state index in [-0.39, 0.29) is 6.04 Å². The summed E-state index contributed by atoms with van der Waals surface area (Å²) in [4.78, 5) is 9.33. The Morgan fingerprint density at radius 1 is 1.14 bits per heavy atom. The first-order valence-electron chi connectivity index (χ1n) is 8.21. The van der Waals surface area contributed by atoms with Gasteiger partial charge in [-0.25, -0.2) is 9.98 Å². The van der Waals surface area contributed by atoms with Crippen LogP contribution in [0.15, 0.2) is 40.3 Å². The van der Waals surface area contributed by atoms with Crippen molar-refractivity contribution in [2.24, 2.45) is 15.9 Å². The molecule has 2 heterocycles. The molecule has 0 bridgehead atoms. The minimum absolute atomic E-state index is 0.142. The van der Waals surface area contributed by atoms with Crippen LogP contribution in [-0.2, 0) is 9.47 Å². The SMILES string of the molecule is CCC1COC(CCC(C)C2=NC(c3ccccc3)CO2)=N1. The van der Waals surface area contributed by atoms with Crippen LogP contribution in [0.4, 0.5) is 0 Å². The molecule has 0 aliphatic carbocycles. The molecule has 3 atom stereocenters. The van der Waals surface area contributed by atoms with Crippen molar-refractivity contribution in [1.29, 1.82) is 0 Å². The highest BCUT2D eigenvalue weighted by atomic mass is 16.5. The van der Waals surface area contributed by atoms with Gasteiger partial charge in [0.1, 0.15) is 19.3 Å². The van der Waals surface area contributed by atoms with Gasteiger partial charge in [-0.3, -0.25) is 0 Å². The smallest absolute Gasteiger partial charge is 0.186 e. The highest BCUT2D eigenvalue weighted by Crippen LogP contribution is 2.26. The van der Waals surface area contributed by atoms with Crippen molar-refractivity contribution in [3.63, 3.8) is 0 Å². The zero-order valence-corrected chi connectivity index (χ0v) is 13.4. The molecule has 0 radical (unpaired) electrons. The Morgan fingerprint density at radius 2 is 1.95 bits per heavy atom. The zero-order valence-electron chi connectivity index (χ0n) is 13.4. The van der Waals surface area contributed by atoms with Crippen LogP contribution in [-0.4, -0.2) is 31.1 Å². The second-order valence-electron chi connectivity index (χ2n) is 6.04. The molecule has 3 unspecified atom stereocenters. The maximum absolute atomic E-state index is 5.81. The first kappa shape index (κ1) is 15.1. The fourth-order valence-electron chi connectivity index (χ4n) is 2.79. The molecule has 0 saturated heterocycles. The van der Waals surface area contributed by atoms with Gasteiger partial charge in [0, 0.05) is 12.3 Å². The van der Waals surface area contributed by atoms with Crippen molar-refractivity contribution in [3.05, 3.63) is 35.9 Å². The summed E-state index contributed by atoms with van der Waals surface area (Å²) in [5.74, 6) is 2.08. The summed E-state index contributed by atoms with van der Waals surface area (Å²) in [6.07, 6.45) is 2.89. The Kier molecular flexibility index (Phi) is 4.76. The molecule has 2 aliphatic heterocycles. The van der Waals surface area contributed by atoms with E-state index < -0.39 is 0 Å². The lowest BCUT2D eigenvalue weighted by atomic mass is 10.1. The highest BCUT2D eigenvalue weighted by molar-refractivity contribution is 5.82. The maximum atomic E-state index is 5.81. The lowest BCUT2D eigenvalue weighted by Gasteiger charge is -2.10. The predicted molar refractivity (Wildman–Crippen MR) is 88.4 cm³/mol. The van der Waals surface area contributed by atoms with Crippen LogP contribution in [0, 0.1) is 5.92 Å². The van der Waals surface area contributed by atoms with E-state index in [0.717, 1.165) is 37.7 Å². The summed E-state index contributed by atoms with van der Waals surface area (Å²) < 4.78 is 11.4. The number of hydrogen-bond donors (Lipinski definition) is 0. The van der Waals surface area contributed by atoms with Gasteiger partial charge >= 0.3 is 0 Å². The first-order valence-corrected chi connectivity index (χ1v) is 8.21. The number of hydrogen-bond acceptors (Lipinski definition) is 4. The standard InChI is InChI=1S/C18H24N2O2/c1-3-15-11-21-17(19-15)10-9-13(2)18-20-16(12-22-18)14-7-5-4-6-8-14/h4-8,13,15-16H,3,9-12H2,1-2H3. The van der Waals surface area contributed by atoms with Crippen molar-refractivity contribution < 1.29 is 9.47 Å². The average molecular weight is 300 g/mol. The monoisotopic (exact) mass is 300 g/mol. The fourth-order valence-corrected chi connectivity index (χ4v) is 2.79. The van der Waals surface area contributed by atoms with Crippen LogP contribution >= 0.6 is 0 Å². The van der Waals surface area contributed by atoms with E-state index in [4.69, 9.17) is 14.5 Å². The Labute approximate surface area is 132 Å². The van der Waals surface area contributed by atoms with Crippen LogP contribution in [0.3, 0.4) is 0 Å². The van der Waals surface area contributed by atoms with Gasteiger partial charge in [-0.15, -0.1) is 0 Å². The zero-order chi connectivity index (χ0) is 15.4. The second kappa shape index (κ2) is 6.95. The highest BCUT2D eigenvalue weighted by Gasteiger charge is 2.25. The van der Waals surface area contributed by atoms with Gasteiger partial charge < -0.3 is 9.47 Å². The Hall–Kier alpha value is -1.84. The fraction of sp³-hybridized carbons (Fsp3) is 0.556. The van der Waals surface area contributed by atoms with E-state index in [1.807, 2.05) is 18.2 Å². The van der Waals surface area contributed by atoms with Gasteiger partial charge in [0.15, 0.2) is 11.8 Å². The molecule has 2 aliphatic rings. The quantitative estimate of drug-likeness (QED) is 0.802. The predicted octanol–water partition coefficient (Wildman–Crippen LogP) is 3.78. The number of rotatable bonds is 6. The van der Waals surface area contributed by atoms with E-state index >= 15 is 0 Å². The van der Waals surface area contributed by atoms with Crippen molar-refractivity contribution >= 4 is 11.8 Å². The minimum Gasteiger partial charge on any atom is -0.479 e. The largest absolute Gasteiger partial charge is 0.479 e. The molecule has 1 aromatic carbocycles. The molecule has 4 nitrogen and oxygen atoms in total. The number of aliphatic imine (C=N–C) groups is 2. The Bertz CT molecular complexity index is 553. The van der Waals surface area contributed by atoms with Gasteiger partial charge in [-0.2, -0.15) is 0 Å². The van der Waals surface area contributed by atoms with Gasteiger partial charge in [-0.05, 0) is 18.4 Å². The van der Waals surface area contributed by atoms with Crippen molar-refractivity contribution in [2.45, 2.75) is 45.2 Å². The molecular formula is C18H24N2O2. The normalized spacial score (nSPS) is 25.2. The van der Waals surface area contributed by atoms with Crippen LogP contribution < -0.4 is 0 Å².